The first-order valence-electron chi connectivity index (χ1n) is 5.03. The van der Waals surface area contributed by atoms with Crippen LogP contribution in [0.1, 0.15) is 27.2 Å². The fourth-order valence-electron chi connectivity index (χ4n) is 1.56. The van der Waals surface area contributed by atoms with E-state index >= 15 is 0 Å². The maximum atomic E-state index is 10.6. The Kier molecular flexibility index (Phi) is 7.96. The van der Waals surface area contributed by atoms with Crippen molar-refractivity contribution in [3.8, 4) is 0 Å². The van der Waals surface area contributed by atoms with Gasteiger partial charge in [0, 0.05) is 13.0 Å². The normalized spacial score (nSPS) is 17.4. The van der Waals surface area contributed by atoms with Gasteiger partial charge in [0.2, 0.25) is 0 Å². The van der Waals surface area contributed by atoms with Crippen LogP contribution in [0.15, 0.2) is 21.3 Å². The highest BCUT2D eigenvalue weighted by atomic mass is 127. The molecule has 0 unspecified atom stereocenters. The highest BCUT2D eigenvalue weighted by molar-refractivity contribution is 14.1. The molecule has 2 atom stereocenters. The smallest absolute Gasteiger partial charge is 0.145 e. The molecule has 0 amide bonds. The van der Waals surface area contributed by atoms with Crippen molar-refractivity contribution in [1.29, 1.82) is 0 Å². The lowest BCUT2D eigenvalue weighted by molar-refractivity contribution is -0.104. The third-order valence-corrected chi connectivity index (χ3v) is 3.38. The molecule has 0 heterocycles. The third-order valence-electron chi connectivity index (χ3n) is 2.40. The zero-order valence-corrected chi connectivity index (χ0v) is 11.9. The summed E-state index contributed by atoms with van der Waals surface area (Å²) in [5.74, 6) is 0.270. The van der Waals surface area contributed by atoms with Crippen LogP contribution in [0.5, 0.6) is 0 Å². The summed E-state index contributed by atoms with van der Waals surface area (Å²) in [6.07, 6.45) is 3.91. The molecule has 0 aromatic carbocycles. The molecule has 3 heteroatoms. The fraction of sp³-hybridized carbons (Fsp3) is 0.583. The molecule has 0 spiro atoms. The molecule has 0 aliphatic carbocycles. The largest absolute Gasteiger partial charge is 0.376 e. The van der Waals surface area contributed by atoms with E-state index in [0.29, 0.717) is 0 Å². The number of ether oxygens (including phenoxy) is 1. The number of halogens is 1. The molecule has 0 saturated heterocycles. The van der Waals surface area contributed by atoms with Gasteiger partial charge in [-0.05, 0) is 35.5 Å². The van der Waals surface area contributed by atoms with Gasteiger partial charge in [0.15, 0.2) is 0 Å². The van der Waals surface area contributed by atoms with Gasteiger partial charge in [-0.25, -0.2) is 0 Å². The standard InChI is InChI=1S/C12H19IO2/c1-5-11(6-9(2)8-14)12(15-4)10(3)7-13/h6-8,11-12H,5H2,1-4H3/b9-6+,10-7+/t11-,12-/m0/s1. The van der Waals surface area contributed by atoms with Crippen molar-refractivity contribution in [1.82, 2.24) is 0 Å². The van der Waals surface area contributed by atoms with Crippen LogP contribution in [0.4, 0.5) is 0 Å². The predicted molar refractivity (Wildman–Crippen MR) is 72.2 cm³/mol. The van der Waals surface area contributed by atoms with Crippen molar-refractivity contribution in [2.75, 3.05) is 7.11 Å². The zero-order chi connectivity index (χ0) is 11.8. The van der Waals surface area contributed by atoms with Crippen LogP contribution >= 0.6 is 22.6 Å². The van der Waals surface area contributed by atoms with Gasteiger partial charge in [-0.3, -0.25) is 4.79 Å². The van der Waals surface area contributed by atoms with Crippen molar-refractivity contribution in [2.45, 2.75) is 33.3 Å². The lowest BCUT2D eigenvalue weighted by Gasteiger charge is -2.23. The molecule has 0 aliphatic rings. The van der Waals surface area contributed by atoms with Gasteiger partial charge in [0.05, 0.1) is 6.10 Å². The van der Waals surface area contributed by atoms with Crippen LogP contribution in [-0.2, 0) is 9.53 Å². The Balaban J connectivity index is 4.84. The lowest BCUT2D eigenvalue weighted by atomic mass is 9.93. The van der Waals surface area contributed by atoms with Crippen LogP contribution in [0.2, 0.25) is 0 Å². The first-order valence-corrected chi connectivity index (χ1v) is 6.28. The molecule has 0 aromatic rings. The molecule has 0 saturated carbocycles. The molecule has 15 heavy (non-hydrogen) atoms. The Bertz CT molecular complexity index is 256. The highest BCUT2D eigenvalue weighted by Gasteiger charge is 2.19. The molecule has 2 nitrogen and oxygen atoms in total. The second-order valence-electron chi connectivity index (χ2n) is 3.61. The quantitative estimate of drug-likeness (QED) is 0.425. The van der Waals surface area contributed by atoms with E-state index in [9.17, 15) is 4.79 Å². The number of hydrogen-bond acceptors (Lipinski definition) is 2. The van der Waals surface area contributed by atoms with E-state index in [1.54, 1.807) is 7.11 Å². The van der Waals surface area contributed by atoms with Crippen LogP contribution in [0, 0.1) is 5.92 Å². The Labute approximate surface area is 106 Å². The first-order chi connectivity index (χ1) is 7.10. The van der Waals surface area contributed by atoms with E-state index in [0.717, 1.165) is 18.3 Å². The molecule has 0 bridgehead atoms. The highest BCUT2D eigenvalue weighted by Crippen LogP contribution is 2.22. The van der Waals surface area contributed by atoms with Crippen molar-refractivity contribution < 1.29 is 9.53 Å². The fourth-order valence-corrected chi connectivity index (χ4v) is 1.91. The molecule has 0 N–H and O–H groups in total. The maximum absolute atomic E-state index is 10.6. The summed E-state index contributed by atoms with van der Waals surface area (Å²) < 4.78 is 7.49. The van der Waals surface area contributed by atoms with E-state index in [4.69, 9.17) is 4.74 Å². The second kappa shape index (κ2) is 8.05. The van der Waals surface area contributed by atoms with Crippen molar-refractivity contribution in [3.05, 3.63) is 21.3 Å². The van der Waals surface area contributed by atoms with Gasteiger partial charge in [-0.15, -0.1) is 0 Å². The van der Waals surface area contributed by atoms with Crippen LogP contribution < -0.4 is 0 Å². The summed E-state index contributed by atoms with van der Waals surface area (Å²) in [4.78, 5) is 10.6. The number of carbonyl (C=O) groups excluding carboxylic acids is 1. The molecule has 0 radical (unpaired) electrons. The molecule has 86 valence electrons. The van der Waals surface area contributed by atoms with Gasteiger partial charge >= 0.3 is 0 Å². The van der Waals surface area contributed by atoms with Crippen molar-refractivity contribution in [2.24, 2.45) is 5.92 Å². The lowest BCUT2D eigenvalue weighted by Crippen LogP contribution is -2.22. The Morgan fingerprint density at radius 2 is 2.07 bits per heavy atom. The van der Waals surface area contributed by atoms with E-state index < -0.39 is 0 Å². The Hall–Kier alpha value is -0.160. The first kappa shape index (κ1) is 14.8. The van der Waals surface area contributed by atoms with E-state index in [-0.39, 0.29) is 12.0 Å². The number of allylic oxidation sites excluding steroid dienone is 1. The molecule has 0 aromatic heterocycles. The van der Waals surface area contributed by atoms with Gasteiger partial charge < -0.3 is 4.74 Å². The summed E-state index contributed by atoms with van der Waals surface area (Å²) in [6.45, 7) is 5.98. The summed E-state index contributed by atoms with van der Waals surface area (Å²) in [5, 5.41) is 0. The van der Waals surface area contributed by atoms with E-state index in [2.05, 4.69) is 29.5 Å². The van der Waals surface area contributed by atoms with Gasteiger partial charge in [-0.1, -0.05) is 35.6 Å². The van der Waals surface area contributed by atoms with Gasteiger partial charge in [0.1, 0.15) is 6.29 Å². The molecular formula is C12H19IO2. The van der Waals surface area contributed by atoms with Crippen LogP contribution in [-0.4, -0.2) is 19.5 Å². The Morgan fingerprint density at radius 1 is 1.47 bits per heavy atom. The summed E-state index contributed by atoms with van der Waals surface area (Å²) in [5.41, 5.74) is 1.96. The number of rotatable bonds is 6. The summed E-state index contributed by atoms with van der Waals surface area (Å²) in [6, 6.07) is 0. The SMILES string of the molecule is CC[C@@H](/C=C(\C)C=O)[C@@H](OC)/C(C)=C/I. The number of hydrogen-bond donors (Lipinski definition) is 0. The maximum Gasteiger partial charge on any atom is 0.145 e. The average Bonchev–Trinajstić information content (AvgIpc) is 2.27. The van der Waals surface area contributed by atoms with Gasteiger partial charge in [0.25, 0.3) is 0 Å². The Morgan fingerprint density at radius 3 is 2.40 bits per heavy atom. The molecule has 0 fully saturated rings. The number of carbonyl (C=O) groups is 1. The van der Waals surface area contributed by atoms with Crippen molar-refractivity contribution >= 4 is 28.9 Å². The summed E-state index contributed by atoms with van der Waals surface area (Å²) >= 11 is 2.21. The van der Waals surface area contributed by atoms with E-state index in [1.807, 2.05) is 24.0 Å². The second-order valence-corrected chi connectivity index (χ2v) is 4.23. The average molecular weight is 322 g/mol. The summed E-state index contributed by atoms with van der Waals surface area (Å²) in [7, 11) is 1.71. The van der Waals surface area contributed by atoms with Crippen molar-refractivity contribution in [3.63, 3.8) is 0 Å². The van der Waals surface area contributed by atoms with E-state index in [1.165, 1.54) is 5.57 Å². The number of methoxy groups -OCH3 is 1. The van der Waals surface area contributed by atoms with Crippen LogP contribution in [0.25, 0.3) is 0 Å². The number of aldehydes is 1. The minimum Gasteiger partial charge on any atom is -0.376 e. The minimum atomic E-state index is 0.0711. The molecule has 0 aliphatic heterocycles. The van der Waals surface area contributed by atoms with Gasteiger partial charge in [-0.2, -0.15) is 0 Å². The molecule has 0 rings (SSSR count). The third kappa shape index (κ3) is 4.93. The predicted octanol–water partition coefficient (Wildman–Crippen LogP) is 3.51. The minimum absolute atomic E-state index is 0.0711. The topological polar surface area (TPSA) is 26.3 Å². The zero-order valence-electron chi connectivity index (χ0n) is 9.79. The van der Waals surface area contributed by atoms with Crippen LogP contribution in [0.3, 0.4) is 0 Å². The monoisotopic (exact) mass is 322 g/mol. The molecular weight excluding hydrogens is 303 g/mol.